The molecule has 10 nitrogen and oxygen atoms in total. The van der Waals surface area contributed by atoms with Crippen LogP contribution in [0.25, 0.3) is 0 Å². The number of hydrazine groups is 1. The van der Waals surface area contributed by atoms with E-state index in [1.807, 2.05) is 61.5 Å². The Bertz CT molecular complexity index is 2600. The van der Waals surface area contributed by atoms with E-state index in [9.17, 15) is 19.5 Å². The van der Waals surface area contributed by atoms with Crippen LogP contribution in [0.1, 0.15) is 51.4 Å². The highest BCUT2D eigenvalue weighted by Crippen LogP contribution is 2.65. The molecule has 6 atom stereocenters. The van der Waals surface area contributed by atoms with Crippen molar-refractivity contribution < 1.29 is 33.8 Å². The smallest absolute Gasteiger partial charge is 0.260 e. The van der Waals surface area contributed by atoms with Crippen molar-refractivity contribution in [1.82, 2.24) is 5.01 Å². The van der Waals surface area contributed by atoms with E-state index in [0.717, 1.165) is 16.1 Å². The Balaban J connectivity index is 1.18. The molecule has 12 heteroatoms. The van der Waals surface area contributed by atoms with Gasteiger partial charge in [0.25, 0.3) is 11.8 Å². The van der Waals surface area contributed by atoms with Crippen molar-refractivity contribution in [2.75, 3.05) is 17.4 Å². The lowest BCUT2D eigenvalue weighted by atomic mass is 9.49. The van der Waals surface area contributed by atoms with Crippen molar-refractivity contribution in [1.29, 1.82) is 0 Å². The van der Waals surface area contributed by atoms with Crippen molar-refractivity contribution in [2.45, 2.75) is 31.1 Å². The van der Waals surface area contributed by atoms with Gasteiger partial charge in [-0.05, 0) is 111 Å². The number of ketones is 1. The van der Waals surface area contributed by atoms with Crippen LogP contribution in [0.4, 0.5) is 11.4 Å². The highest BCUT2D eigenvalue weighted by Gasteiger charge is 2.70. The number of nitrogens with zero attached hydrogens (tertiary/aromatic N) is 2. The quantitative estimate of drug-likeness (QED) is 0.0899. The van der Waals surface area contributed by atoms with Gasteiger partial charge >= 0.3 is 0 Å². The SMILES string of the molecule is COc1cc([C@H]2C3=CC[C@@H]4C(=O)N(c5ccc(C(=O)c6ccccc6)cc5)C(=O)[C@@H]4[C@@H]3C[C@H]3C(=O)N(Nc4ccc(C)cc4)C(=O)[C@@]23c2ccccc2)c(Br)c(Br)c1O. The number of hydrogen-bond donors (Lipinski definition) is 2. The number of methoxy groups -OCH3 is 1. The third-order valence-corrected chi connectivity index (χ3v) is 14.7. The second kappa shape index (κ2) is 14.8. The lowest BCUT2D eigenvalue weighted by molar-refractivity contribution is -0.138. The standard InChI is InChI=1S/C47H37Br2N3O7/c1-25-13-17-29(18-14-25)50-52-44(56)35-23-33-31(38(34-24-36(59-2)42(54)40(49)39(34)48)47(35,46(52)58)28-11-7-4-8-12-28)21-22-32-37(33)45(57)51(43(32)55)30-19-15-27(16-20-30)41(53)26-9-5-3-6-10-26/h3-21,24,32-33,35,37-38,50,54H,22-23H2,1-2H3/t32-,33+,35-,37-,38+,47+/m0/s1. The molecule has 2 heterocycles. The first-order valence-corrected chi connectivity index (χ1v) is 20.9. The molecule has 0 bridgehead atoms. The van der Waals surface area contributed by atoms with Crippen molar-refractivity contribution in [3.8, 4) is 11.5 Å². The Labute approximate surface area is 357 Å². The summed E-state index contributed by atoms with van der Waals surface area (Å²) in [5.41, 5.74) is 6.35. The number of phenolic OH excluding ortho intramolecular Hbond substituents is 1. The maximum absolute atomic E-state index is 15.5. The normalized spacial score (nSPS) is 24.7. The zero-order valence-electron chi connectivity index (χ0n) is 31.9. The molecular weight excluding hydrogens is 878 g/mol. The number of nitrogens with one attached hydrogen (secondary N) is 1. The first-order valence-electron chi connectivity index (χ1n) is 19.3. The van der Waals surface area contributed by atoms with E-state index in [2.05, 4.69) is 37.3 Å². The highest BCUT2D eigenvalue weighted by molar-refractivity contribution is 9.13. The summed E-state index contributed by atoms with van der Waals surface area (Å²) >= 11 is 7.27. The van der Waals surface area contributed by atoms with E-state index in [4.69, 9.17) is 4.74 Å². The molecule has 2 saturated heterocycles. The van der Waals surface area contributed by atoms with Crippen LogP contribution in [0.3, 0.4) is 0 Å². The number of anilines is 2. The van der Waals surface area contributed by atoms with Crippen LogP contribution in [0.5, 0.6) is 11.5 Å². The molecule has 2 N–H and O–H groups in total. The number of rotatable bonds is 8. The Hall–Kier alpha value is -5.85. The molecule has 0 radical (unpaired) electrons. The number of hydrogen-bond acceptors (Lipinski definition) is 8. The molecule has 9 rings (SSSR count). The maximum atomic E-state index is 15.5. The van der Waals surface area contributed by atoms with Gasteiger partial charge in [0.05, 0.1) is 46.1 Å². The largest absolute Gasteiger partial charge is 0.503 e. The summed E-state index contributed by atoms with van der Waals surface area (Å²) in [6, 6.07) is 33.6. The first-order chi connectivity index (χ1) is 28.5. The van der Waals surface area contributed by atoms with Crippen LogP contribution < -0.4 is 15.1 Å². The monoisotopic (exact) mass is 913 g/mol. The van der Waals surface area contributed by atoms with Crippen LogP contribution in [0.2, 0.25) is 0 Å². The zero-order chi connectivity index (χ0) is 41.3. The fraction of sp³-hybridized carbons (Fsp3) is 0.213. The zero-order valence-corrected chi connectivity index (χ0v) is 35.1. The number of amides is 4. The molecule has 4 aliphatic rings. The Morgan fingerprint density at radius 3 is 2.10 bits per heavy atom. The molecular formula is C47H37Br2N3O7. The molecule has 4 amide bonds. The number of carbonyl (C=O) groups excluding carboxylic acids is 5. The summed E-state index contributed by atoms with van der Waals surface area (Å²) in [5, 5.41) is 12.2. The average Bonchev–Trinajstić information content (AvgIpc) is 3.64. The Morgan fingerprint density at radius 1 is 0.797 bits per heavy atom. The number of imide groups is 2. The number of carbonyl (C=O) groups is 5. The number of aromatic hydroxyl groups is 1. The summed E-state index contributed by atoms with van der Waals surface area (Å²) in [5.74, 6) is -5.91. The molecule has 0 aromatic heterocycles. The van der Waals surface area contributed by atoms with Gasteiger partial charge in [-0.2, -0.15) is 5.01 Å². The van der Waals surface area contributed by atoms with E-state index < -0.39 is 52.7 Å². The average molecular weight is 916 g/mol. The van der Waals surface area contributed by atoms with Gasteiger partial charge in [-0.25, -0.2) is 0 Å². The molecule has 5 aromatic carbocycles. The lowest BCUT2D eigenvalue weighted by Gasteiger charge is -2.51. The molecule has 0 unspecified atom stereocenters. The van der Waals surface area contributed by atoms with E-state index in [1.165, 1.54) is 12.0 Å². The van der Waals surface area contributed by atoms with Gasteiger partial charge in [-0.15, -0.1) is 0 Å². The van der Waals surface area contributed by atoms with Crippen molar-refractivity contribution in [3.63, 3.8) is 0 Å². The van der Waals surface area contributed by atoms with Gasteiger partial charge in [0, 0.05) is 21.5 Å². The van der Waals surface area contributed by atoms with E-state index in [0.29, 0.717) is 42.6 Å². The molecule has 2 aliphatic heterocycles. The number of benzene rings is 5. The molecule has 0 spiro atoms. The van der Waals surface area contributed by atoms with E-state index in [1.54, 1.807) is 66.7 Å². The minimum absolute atomic E-state index is 0.112. The summed E-state index contributed by atoms with van der Waals surface area (Å²) < 4.78 is 6.39. The van der Waals surface area contributed by atoms with E-state index in [-0.39, 0.29) is 36.0 Å². The lowest BCUT2D eigenvalue weighted by Crippen LogP contribution is -2.53. The van der Waals surface area contributed by atoms with Crippen molar-refractivity contribution >= 4 is 72.6 Å². The molecule has 296 valence electrons. The van der Waals surface area contributed by atoms with Gasteiger partial charge in [0.2, 0.25) is 11.8 Å². The molecule has 1 saturated carbocycles. The van der Waals surface area contributed by atoms with Crippen LogP contribution >= 0.6 is 31.9 Å². The van der Waals surface area contributed by atoms with Gasteiger partial charge in [-0.3, -0.25) is 34.3 Å². The first kappa shape index (κ1) is 38.7. The minimum Gasteiger partial charge on any atom is -0.503 e. The number of fused-ring (bicyclic) bond motifs is 4. The van der Waals surface area contributed by atoms with Gasteiger partial charge in [-0.1, -0.05) is 90.0 Å². The third-order valence-electron chi connectivity index (χ3n) is 12.5. The van der Waals surface area contributed by atoms with Gasteiger partial charge in [0.1, 0.15) is 0 Å². The second-order valence-electron chi connectivity index (χ2n) is 15.5. The molecule has 2 aliphatic carbocycles. The number of allylic oxidation sites excluding steroid dienone is 2. The Kier molecular flexibility index (Phi) is 9.67. The van der Waals surface area contributed by atoms with Gasteiger partial charge < -0.3 is 9.84 Å². The molecule has 59 heavy (non-hydrogen) atoms. The minimum atomic E-state index is -1.53. The number of phenols is 1. The third kappa shape index (κ3) is 5.90. The van der Waals surface area contributed by atoms with Crippen molar-refractivity contribution in [3.05, 3.63) is 164 Å². The summed E-state index contributed by atoms with van der Waals surface area (Å²) in [4.78, 5) is 74.2. The van der Waals surface area contributed by atoms with Crippen LogP contribution in [0.15, 0.2) is 136 Å². The summed E-state index contributed by atoms with van der Waals surface area (Å²) in [6.07, 6.45) is 2.30. The number of ether oxygens (including phenoxy) is 1. The number of halogens is 2. The number of aryl methyl sites for hydroxylation is 1. The van der Waals surface area contributed by atoms with Crippen LogP contribution in [-0.4, -0.2) is 46.6 Å². The predicted octanol–water partition coefficient (Wildman–Crippen LogP) is 8.65. The van der Waals surface area contributed by atoms with Crippen LogP contribution in [-0.2, 0) is 24.6 Å². The fourth-order valence-electron chi connectivity index (χ4n) is 9.84. The van der Waals surface area contributed by atoms with Crippen LogP contribution in [0, 0.1) is 30.6 Å². The predicted molar refractivity (Wildman–Crippen MR) is 228 cm³/mol. The molecule has 5 aromatic rings. The second-order valence-corrected chi connectivity index (χ2v) is 17.1. The topological polar surface area (TPSA) is 133 Å². The maximum Gasteiger partial charge on any atom is 0.260 e. The highest BCUT2D eigenvalue weighted by atomic mass is 79.9. The summed E-state index contributed by atoms with van der Waals surface area (Å²) in [6.45, 7) is 1.95. The van der Waals surface area contributed by atoms with E-state index >= 15 is 9.59 Å². The Morgan fingerprint density at radius 2 is 1.44 bits per heavy atom. The fourth-order valence-corrected chi connectivity index (χ4v) is 10.8. The van der Waals surface area contributed by atoms with Crippen molar-refractivity contribution in [2.24, 2.45) is 23.7 Å². The summed E-state index contributed by atoms with van der Waals surface area (Å²) in [7, 11) is 1.43. The molecule has 3 fully saturated rings. The van der Waals surface area contributed by atoms with Gasteiger partial charge in [0.15, 0.2) is 17.3 Å².